The van der Waals surface area contributed by atoms with Crippen LogP contribution < -0.4 is 10.6 Å². The number of carbonyl (C=O) groups excluding carboxylic acids is 2. The lowest BCUT2D eigenvalue weighted by molar-refractivity contribution is -0.144. The number of hydrogen-bond acceptors (Lipinski definition) is 6. The standard InChI is InChI=1S/C25H33N3O5S2/c1-3-17-28(18-4-2)35(31,32)22-12-10-21(11-13-22)26-25(34)27-23(29)14-15-24(30)33-19-16-20-8-6-5-7-9-20/h5-13H,3-4,14-19H2,1-2H3,(H2,26,27,29,34). The van der Waals surface area contributed by atoms with E-state index >= 15 is 0 Å². The Kier molecular flexibility index (Phi) is 11.8. The minimum atomic E-state index is -3.57. The van der Waals surface area contributed by atoms with Crippen LogP contribution in [-0.2, 0) is 30.8 Å². The van der Waals surface area contributed by atoms with Gasteiger partial charge in [0, 0.05) is 31.6 Å². The maximum Gasteiger partial charge on any atom is 0.306 e. The second kappa shape index (κ2) is 14.6. The first-order valence-corrected chi connectivity index (χ1v) is 13.5. The summed E-state index contributed by atoms with van der Waals surface area (Å²) in [5.41, 5.74) is 1.60. The number of anilines is 1. The van der Waals surface area contributed by atoms with Crippen LogP contribution in [0.3, 0.4) is 0 Å². The van der Waals surface area contributed by atoms with Crippen molar-refractivity contribution in [3.8, 4) is 0 Å². The molecule has 0 saturated carbocycles. The van der Waals surface area contributed by atoms with E-state index in [2.05, 4.69) is 10.6 Å². The van der Waals surface area contributed by atoms with Crippen LogP contribution in [-0.4, -0.2) is 49.4 Å². The summed E-state index contributed by atoms with van der Waals surface area (Å²) >= 11 is 5.15. The molecule has 0 atom stereocenters. The number of nitrogens with zero attached hydrogens (tertiary/aromatic N) is 1. The maximum atomic E-state index is 12.8. The second-order valence-electron chi connectivity index (χ2n) is 7.89. The third-order valence-corrected chi connectivity index (χ3v) is 7.12. The van der Waals surface area contributed by atoms with E-state index < -0.39 is 21.9 Å². The molecule has 1 amide bonds. The Bertz CT molecular complexity index is 1070. The van der Waals surface area contributed by atoms with Gasteiger partial charge in [-0.15, -0.1) is 0 Å². The maximum absolute atomic E-state index is 12.8. The van der Waals surface area contributed by atoms with Crippen molar-refractivity contribution in [1.82, 2.24) is 9.62 Å². The molecule has 0 aromatic heterocycles. The molecule has 8 nitrogen and oxygen atoms in total. The third-order valence-electron chi connectivity index (χ3n) is 5.00. The quantitative estimate of drug-likeness (QED) is 0.306. The Labute approximate surface area is 213 Å². The molecule has 190 valence electrons. The molecule has 0 aliphatic rings. The lowest BCUT2D eigenvalue weighted by atomic mass is 10.2. The zero-order chi connectivity index (χ0) is 25.7. The number of nitrogens with one attached hydrogen (secondary N) is 2. The van der Waals surface area contributed by atoms with Crippen LogP contribution in [0, 0.1) is 0 Å². The van der Waals surface area contributed by atoms with Gasteiger partial charge >= 0.3 is 5.97 Å². The van der Waals surface area contributed by atoms with Gasteiger partial charge < -0.3 is 15.4 Å². The first-order chi connectivity index (χ1) is 16.8. The highest BCUT2D eigenvalue weighted by atomic mass is 32.2. The minimum Gasteiger partial charge on any atom is -0.465 e. The smallest absolute Gasteiger partial charge is 0.306 e. The van der Waals surface area contributed by atoms with Crippen LogP contribution in [0.1, 0.15) is 45.1 Å². The first-order valence-electron chi connectivity index (χ1n) is 11.7. The summed E-state index contributed by atoms with van der Waals surface area (Å²) in [5, 5.41) is 5.41. The van der Waals surface area contributed by atoms with Crippen molar-refractivity contribution in [2.45, 2.75) is 50.8 Å². The molecule has 0 spiro atoms. The van der Waals surface area contributed by atoms with Crippen molar-refractivity contribution < 1.29 is 22.7 Å². The lowest BCUT2D eigenvalue weighted by Gasteiger charge is -2.21. The summed E-state index contributed by atoms with van der Waals surface area (Å²) in [5.74, 6) is -0.872. The van der Waals surface area contributed by atoms with Gasteiger partial charge in [-0.2, -0.15) is 4.31 Å². The van der Waals surface area contributed by atoms with Gasteiger partial charge in [0.25, 0.3) is 0 Å². The molecule has 2 aromatic rings. The second-order valence-corrected chi connectivity index (χ2v) is 10.2. The highest BCUT2D eigenvalue weighted by Crippen LogP contribution is 2.19. The largest absolute Gasteiger partial charge is 0.465 e. The van der Waals surface area contributed by atoms with Crippen LogP contribution in [0.15, 0.2) is 59.5 Å². The predicted octanol–water partition coefficient (Wildman–Crippen LogP) is 3.88. The predicted molar refractivity (Wildman–Crippen MR) is 140 cm³/mol. The van der Waals surface area contributed by atoms with Crippen LogP contribution in [0.5, 0.6) is 0 Å². The molecular formula is C25H33N3O5S2. The normalized spacial score (nSPS) is 11.2. The number of carbonyl (C=O) groups is 2. The SMILES string of the molecule is CCCN(CCC)S(=O)(=O)c1ccc(NC(=S)NC(=O)CCC(=O)OCCc2ccccc2)cc1. The van der Waals surface area contributed by atoms with Gasteiger partial charge in [0.15, 0.2) is 5.11 Å². The molecule has 0 aliphatic heterocycles. The van der Waals surface area contributed by atoms with Crippen molar-refractivity contribution in [2.75, 3.05) is 25.0 Å². The number of esters is 1. The first kappa shape index (κ1) is 28.4. The van der Waals surface area contributed by atoms with Crippen LogP contribution in [0.4, 0.5) is 5.69 Å². The Morgan fingerprint density at radius 3 is 2.17 bits per heavy atom. The summed E-state index contributed by atoms with van der Waals surface area (Å²) in [6.45, 7) is 5.06. The van der Waals surface area contributed by atoms with Crippen molar-refractivity contribution >= 4 is 44.9 Å². The molecule has 0 bridgehead atoms. The minimum absolute atomic E-state index is 0.0538. The van der Waals surface area contributed by atoms with E-state index in [0.717, 1.165) is 18.4 Å². The van der Waals surface area contributed by atoms with Gasteiger partial charge in [-0.3, -0.25) is 9.59 Å². The topological polar surface area (TPSA) is 105 Å². The molecule has 2 N–H and O–H groups in total. The van der Waals surface area contributed by atoms with Gasteiger partial charge in [-0.1, -0.05) is 44.2 Å². The molecule has 0 heterocycles. The molecule has 2 rings (SSSR count). The van der Waals surface area contributed by atoms with E-state index in [1.54, 1.807) is 12.1 Å². The number of sulfonamides is 1. The van der Waals surface area contributed by atoms with Crippen molar-refractivity contribution in [2.24, 2.45) is 0 Å². The van der Waals surface area contributed by atoms with Crippen molar-refractivity contribution in [3.05, 3.63) is 60.2 Å². The lowest BCUT2D eigenvalue weighted by Crippen LogP contribution is -2.34. The Hall–Kier alpha value is -2.82. The summed E-state index contributed by atoms with van der Waals surface area (Å²) in [6, 6.07) is 15.9. The molecule has 10 heteroatoms. The van der Waals surface area contributed by atoms with Gasteiger partial charge in [0.05, 0.1) is 17.9 Å². The van der Waals surface area contributed by atoms with Crippen molar-refractivity contribution in [1.29, 1.82) is 0 Å². The van der Waals surface area contributed by atoms with E-state index in [0.29, 0.717) is 25.2 Å². The van der Waals surface area contributed by atoms with Gasteiger partial charge in [0.2, 0.25) is 15.9 Å². The summed E-state index contributed by atoms with van der Waals surface area (Å²) in [7, 11) is -3.57. The molecule has 2 aromatic carbocycles. The van der Waals surface area contributed by atoms with Crippen molar-refractivity contribution in [3.63, 3.8) is 0 Å². The summed E-state index contributed by atoms with van der Waals surface area (Å²) in [4.78, 5) is 24.1. The Balaban J connectivity index is 1.76. The Morgan fingerprint density at radius 1 is 0.943 bits per heavy atom. The molecule has 0 fully saturated rings. The zero-order valence-corrected chi connectivity index (χ0v) is 21.8. The van der Waals surface area contributed by atoms with Gasteiger partial charge in [-0.05, 0) is 54.9 Å². The summed E-state index contributed by atoms with van der Waals surface area (Å²) in [6.07, 6.45) is 1.97. The number of ether oxygens (including phenoxy) is 1. The molecular weight excluding hydrogens is 486 g/mol. The molecule has 35 heavy (non-hydrogen) atoms. The highest BCUT2D eigenvalue weighted by molar-refractivity contribution is 7.89. The van der Waals surface area contributed by atoms with E-state index in [-0.39, 0.29) is 29.5 Å². The fraction of sp³-hybridized carbons (Fsp3) is 0.400. The van der Waals surface area contributed by atoms with Crippen LogP contribution >= 0.6 is 12.2 Å². The average molecular weight is 520 g/mol. The van der Waals surface area contributed by atoms with Crippen LogP contribution in [0.25, 0.3) is 0 Å². The number of hydrogen-bond donors (Lipinski definition) is 2. The zero-order valence-electron chi connectivity index (χ0n) is 20.2. The fourth-order valence-electron chi connectivity index (χ4n) is 3.28. The molecule has 0 unspecified atom stereocenters. The number of rotatable bonds is 13. The third kappa shape index (κ3) is 9.75. The Morgan fingerprint density at radius 2 is 1.57 bits per heavy atom. The molecule has 0 aliphatic carbocycles. The number of benzene rings is 2. The van der Waals surface area contributed by atoms with E-state index in [9.17, 15) is 18.0 Å². The monoisotopic (exact) mass is 519 g/mol. The van der Waals surface area contributed by atoms with Crippen LogP contribution in [0.2, 0.25) is 0 Å². The van der Waals surface area contributed by atoms with E-state index in [4.69, 9.17) is 17.0 Å². The number of thiocarbonyl (C=S) groups is 1. The van der Waals surface area contributed by atoms with E-state index in [1.165, 1.54) is 16.4 Å². The molecule has 0 saturated heterocycles. The molecule has 0 radical (unpaired) electrons. The van der Waals surface area contributed by atoms with E-state index in [1.807, 2.05) is 44.2 Å². The number of amides is 1. The fourth-order valence-corrected chi connectivity index (χ4v) is 5.13. The van der Waals surface area contributed by atoms with Gasteiger partial charge in [-0.25, -0.2) is 8.42 Å². The summed E-state index contributed by atoms with van der Waals surface area (Å²) < 4.78 is 32.3. The average Bonchev–Trinajstić information content (AvgIpc) is 2.83. The highest BCUT2D eigenvalue weighted by Gasteiger charge is 2.22. The van der Waals surface area contributed by atoms with Gasteiger partial charge in [0.1, 0.15) is 0 Å².